The molecule has 156 valence electrons. The molecule has 6 atom stereocenters. The molecule has 0 aromatic heterocycles. The van der Waals surface area contributed by atoms with Crippen LogP contribution in [-0.2, 0) is 33.3 Å². The third-order valence-electron chi connectivity index (χ3n) is 7.37. The van der Waals surface area contributed by atoms with Gasteiger partial charge in [0, 0.05) is 35.3 Å². The Kier molecular flexibility index (Phi) is 4.23. The van der Waals surface area contributed by atoms with Gasteiger partial charge in [-0.05, 0) is 12.8 Å². The molecule has 1 saturated heterocycles. The number of carbonyl (C=O) groups is 3. The van der Waals surface area contributed by atoms with E-state index in [1.165, 1.54) is 14.0 Å². The van der Waals surface area contributed by atoms with Gasteiger partial charge in [0.2, 0.25) is 0 Å². The van der Waals surface area contributed by atoms with Gasteiger partial charge in [-0.1, -0.05) is 26.0 Å². The highest BCUT2D eigenvalue weighted by atomic mass is 16.7. The molecule has 0 amide bonds. The van der Waals surface area contributed by atoms with Crippen LogP contribution in [0.2, 0.25) is 0 Å². The quantitative estimate of drug-likeness (QED) is 0.406. The van der Waals surface area contributed by atoms with E-state index < -0.39 is 46.2 Å². The Labute approximate surface area is 169 Å². The molecule has 5 rings (SSSR count). The first-order chi connectivity index (χ1) is 13.6. The molecule has 3 aliphatic heterocycles. The molecule has 1 saturated carbocycles. The lowest BCUT2D eigenvalue weighted by Gasteiger charge is -2.64. The van der Waals surface area contributed by atoms with Crippen molar-refractivity contribution in [3.8, 4) is 0 Å². The Balaban J connectivity index is 1.97. The monoisotopic (exact) mass is 402 g/mol. The van der Waals surface area contributed by atoms with Gasteiger partial charge in [-0.25, -0.2) is 0 Å². The molecule has 0 aromatic carbocycles. The van der Waals surface area contributed by atoms with E-state index in [0.717, 1.165) is 0 Å². The average Bonchev–Trinajstić information content (AvgIpc) is 2.79. The molecule has 0 aromatic rings. The summed E-state index contributed by atoms with van der Waals surface area (Å²) in [7, 11) is 1.43. The van der Waals surface area contributed by atoms with Gasteiger partial charge in [0.15, 0.2) is 5.60 Å². The first-order valence-electron chi connectivity index (χ1n) is 9.82. The summed E-state index contributed by atoms with van der Waals surface area (Å²) in [4.78, 5) is 37.9. The summed E-state index contributed by atoms with van der Waals surface area (Å²) in [5.41, 5.74) is -1.86. The highest BCUT2D eigenvalue weighted by Crippen LogP contribution is 2.67. The van der Waals surface area contributed by atoms with Crippen molar-refractivity contribution in [2.45, 2.75) is 39.2 Å². The second kappa shape index (κ2) is 6.21. The van der Waals surface area contributed by atoms with Crippen LogP contribution in [0.5, 0.6) is 0 Å². The molecule has 7 heteroatoms. The number of cyclic esters (lactones) is 1. The van der Waals surface area contributed by atoms with Gasteiger partial charge in [0.25, 0.3) is 5.95 Å². The van der Waals surface area contributed by atoms with E-state index in [2.05, 4.69) is 6.58 Å². The molecule has 0 radical (unpaired) electrons. The first kappa shape index (κ1) is 19.7. The van der Waals surface area contributed by atoms with Crippen LogP contribution in [0.15, 0.2) is 36.3 Å². The van der Waals surface area contributed by atoms with Crippen molar-refractivity contribution in [3.05, 3.63) is 36.3 Å². The van der Waals surface area contributed by atoms with E-state index >= 15 is 0 Å². The van der Waals surface area contributed by atoms with Crippen molar-refractivity contribution in [3.63, 3.8) is 0 Å². The van der Waals surface area contributed by atoms with Crippen LogP contribution in [0.4, 0.5) is 0 Å². The van der Waals surface area contributed by atoms with Crippen molar-refractivity contribution in [1.82, 2.24) is 0 Å². The van der Waals surface area contributed by atoms with E-state index in [1.807, 2.05) is 19.9 Å². The van der Waals surface area contributed by atoms with Crippen molar-refractivity contribution < 1.29 is 33.3 Å². The van der Waals surface area contributed by atoms with Gasteiger partial charge in [-0.2, -0.15) is 0 Å². The molecule has 0 N–H and O–H groups in total. The zero-order valence-corrected chi connectivity index (χ0v) is 17.2. The van der Waals surface area contributed by atoms with Crippen LogP contribution in [0.1, 0.15) is 33.6 Å². The number of methoxy groups -OCH3 is 1. The lowest BCUT2D eigenvalue weighted by Crippen LogP contribution is -2.71. The summed E-state index contributed by atoms with van der Waals surface area (Å²) in [5, 5.41) is 0. The van der Waals surface area contributed by atoms with Gasteiger partial charge in [-0.15, -0.1) is 6.58 Å². The number of rotatable bonds is 4. The molecule has 29 heavy (non-hydrogen) atoms. The smallest absolute Gasteiger partial charge is 0.322 e. The van der Waals surface area contributed by atoms with Crippen LogP contribution in [0.3, 0.4) is 0 Å². The lowest BCUT2D eigenvalue weighted by molar-refractivity contribution is -0.241. The molecule has 2 aliphatic carbocycles. The molecule has 3 heterocycles. The van der Waals surface area contributed by atoms with Gasteiger partial charge < -0.3 is 18.9 Å². The number of esters is 3. The van der Waals surface area contributed by atoms with E-state index in [1.54, 1.807) is 12.2 Å². The molecular formula is C22H26O7. The zero-order chi connectivity index (χ0) is 21.2. The van der Waals surface area contributed by atoms with Gasteiger partial charge in [0.05, 0.1) is 19.6 Å². The predicted molar refractivity (Wildman–Crippen MR) is 101 cm³/mol. The summed E-state index contributed by atoms with van der Waals surface area (Å²) in [6.45, 7) is 9.24. The minimum absolute atomic E-state index is 0.0699. The molecule has 5 aliphatic rings. The molecule has 2 bridgehead atoms. The second-order valence-corrected chi connectivity index (χ2v) is 8.92. The number of fused-ring (bicyclic) bond motifs is 1. The van der Waals surface area contributed by atoms with Gasteiger partial charge in [0.1, 0.15) is 5.92 Å². The number of carbonyl (C=O) groups excluding carboxylic acids is 3. The molecule has 1 spiro atoms. The second-order valence-electron chi connectivity index (χ2n) is 8.92. The van der Waals surface area contributed by atoms with Crippen LogP contribution < -0.4 is 0 Å². The third kappa shape index (κ3) is 2.45. The van der Waals surface area contributed by atoms with Crippen LogP contribution in [-0.4, -0.2) is 37.2 Å². The lowest BCUT2D eigenvalue weighted by atomic mass is 9.44. The number of hydrogen-bond acceptors (Lipinski definition) is 7. The topological polar surface area (TPSA) is 88.1 Å². The summed E-state index contributed by atoms with van der Waals surface area (Å²) in [6, 6.07) is 0. The summed E-state index contributed by atoms with van der Waals surface area (Å²) in [6.07, 6.45) is 6.57. The van der Waals surface area contributed by atoms with Crippen molar-refractivity contribution in [2.24, 2.45) is 28.6 Å². The van der Waals surface area contributed by atoms with Crippen molar-refractivity contribution in [1.29, 1.82) is 0 Å². The van der Waals surface area contributed by atoms with Crippen LogP contribution in [0.25, 0.3) is 0 Å². The fourth-order valence-corrected chi connectivity index (χ4v) is 5.85. The highest BCUT2D eigenvalue weighted by Gasteiger charge is 2.74. The summed E-state index contributed by atoms with van der Waals surface area (Å²) < 4.78 is 22.2. The van der Waals surface area contributed by atoms with E-state index in [9.17, 15) is 14.4 Å². The van der Waals surface area contributed by atoms with Gasteiger partial charge >= 0.3 is 17.9 Å². The maximum absolute atomic E-state index is 13.3. The van der Waals surface area contributed by atoms with Crippen LogP contribution >= 0.6 is 0 Å². The number of ether oxygens (including phenoxy) is 4. The Morgan fingerprint density at radius 2 is 2.07 bits per heavy atom. The minimum atomic E-state index is -1.22. The molecule has 7 nitrogen and oxygen atoms in total. The SMILES string of the molecule is C=C[C@@]1(C)CC[C@H]2[C@](C)(COC(C)=O)[C@@H]3C=C4C=C(OC)OC(=O)[C@@H]1[C@@]42OC3=O. The highest BCUT2D eigenvalue weighted by molar-refractivity contribution is 5.86. The average molecular weight is 402 g/mol. The summed E-state index contributed by atoms with van der Waals surface area (Å²) in [5.74, 6) is -2.89. The van der Waals surface area contributed by atoms with E-state index in [4.69, 9.17) is 18.9 Å². The Morgan fingerprint density at radius 1 is 1.34 bits per heavy atom. The van der Waals surface area contributed by atoms with E-state index in [-0.39, 0.29) is 18.5 Å². The largest absolute Gasteiger partial charge is 0.468 e. The number of allylic oxidation sites excluding steroid dienone is 1. The minimum Gasteiger partial charge on any atom is -0.468 e. The molecular weight excluding hydrogens is 376 g/mol. The Hall–Kier alpha value is -2.57. The van der Waals surface area contributed by atoms with Crippen LogP contribution in [0, 0.1) is 28.6 Å². The Bertz CT molecular complexity index is 870. The van der Waals surface area contributed by atoms with Gasteiger partial charge in [-0.3, -0.25) is 14.4 Å². The maximum Gasteiger partial charge on any atom is 0.322 e. The third-order valence-corrected chi connectivity index (χ3v) is 7.37. The Morgan fingerprint density at radius 3 is 2.69 bits per heavy atom. The fraction of sp³-hybridized carbons (Fsp3) is 0.591. The molecule has 0 unspecified atom stereocenters. The van der Waals surface area contributed by atoms with E-state index in [0.29, 0.717) is 18.4 Å². The molecule has 2 fully saturated rings. The standard InChI is InChI=1S/C22H26O7/c1-6-20(3)8-7-15-21(4,11-27-12(2)23)14-9-13-10-16(26-5)28-19(25)17(20)22(13,15)29-18(14)24/h6,9-10,14-15,17H,1,7-8,11H2,2-5H3/t14-,15+,17+,20+,21-,22-/m1/s1. The first-order valence-corrected chi connectivity index (χ1v) is 9.82. The maximum atomic E-state index is 13.3. The predicted octanol–water partition coefficient (Wildman–Crippen LogP) is 2.67. The zero-order valence-electron chi connectivity index (χ0n) is 17.2. The van der Waals surface area contributed by atoms with Crippen molar-refractivity contribution in [2.75, 3.05) is 13.7 Å². The normalized spacial score (nSPS) is 42.4. The summed E-state index contributed by atoms with van der Waals surface area (Å²) >= 11 is 0. The number of hydrogen-bond donors (Lipinski definition) is 0. The van der Waals surface area contributed by atoms with Crippen molar-refractivity contribution >= 4 is 17.9 Å². The fourth-order valence-electron chi connectivity index (χ4n) is 5.85.